The first-order valence-electron chi connectivity index (χ1n) is 3.61. The summed E-state index contributed by atoms with van der Waals surface area (Å²) in [5, 5.41) is 0. The molecule has 11 heavy (non-hydrogen) atoms. The highest BCUT2D eigenvalue weighted by Crippen LogP contribution is 2.14. The Labute approximate surface area is 71.7 Å². The quantitative estimate of drug-likeness (QED) is 0.635. The van der Waals surface area contributed by atoms with Crippen LogP contribution in [0.3, 0.4) is 0 Å². The van der Waals surface area contributed by atoms with E-state index in [0.717, 1.165) is 17.8 Å². The van der Waals surface area contributed by atoms with Crippen molar-refractivity contribution < 1.29 is 4.42 Å². The SMILES string of the molecule is C/C(=C/CCCl)c1ccco1. The molecule has 1 rings (SSSR count). The number of hydrogen-bond acceptors (Lipinski definition) is 1. The zero-order valence-electron chi connectivity index (χ0n) is 6.51. The van der Waals surface area contributed by atoms with Gasteiger partial charge in [0.05, 0.1) is 6.26 Å². The molecule has 1 nitrogen and oxygen atoms in total. The fourth-order valence-electron chi connectivity index (χ4n) is 0.875. The summed E-state index contributed by atoms with van der Waals surface area (Å²) in [6.07, 6.45) is 4.65. The van der Waals surface area contributed by atoms with Crippen LogP contribution in [0.2, 0.25) is 0 Å². The van der Waals surface area contributed by atoms with Crippen LogP contribution in [0.5, 0.6) is 0 Å². The van der Waals surface area contributed by atoms with Crippen molar-refractivity contribution in [2.24, 2.45) is 0 Å². The second kappa shape index (κ2) is 4.24. The van der Waals surface area contributed by atoms with Gasteiger partial charge in [0.1, 0.15) is 5.76 Å². The highest BCUT2D eigenvalue weighted by molar-refractivity contribution is 6.17. The van der Waals surface area contributed by atoms with Crippen LogP contribution in [-0.4, -0.2) is 5.88 Å². The number of rotatable bonds is 3. The molecule has 1 aromatic rings. The van der Waals surface area contributed by atoms with E-state index in [1.165, 1.54) is 0 Å². The van der Waals surface area contributed by atoms with E-state index in [1.807, 2.05) is 19.1 Å². The molecule has 0 saturated heterocycles. The van der Waals surface area contributed by atoms with Crippen molar-refractivity contribution in [2.45, 2.75) is 13.3 Å². The van der Waals surface area contributed by atoms with E-state index < -0.39 is 0 Å². The molecule has 0 saturated carbocycles. The summed E-state index contributed by atoms with van der Waals surface area (Å²) in [5.41, 5.74) is 1.15. The molecule has 0 atom stereocenters. The standard InChI is InChI=1S/C9H11ClO/c1-8(4-2-6-10)9-5-3-7-11-9/h3-5,7H,2,6H2,1H3/b8-4-. The van der Waals surface area contributed by atoms with Crippen LogP contribution in [0.25, 0.3) is 5.57 Å². The molecule has 0 bridgehead atoms. The summed E-state index contributed by atoms with van der Waals surface area (Å²) < 4.78 is 5.18. The third kappa shape index (κ3) is 2.43. The fourth-order valence-corrected chi connectivity index (χ4v) is 0.984. The Hall–Kier alpha value is -0.690. The molecule has 2 heteroatoms. The molecule has 0 amide bonds. The van der Waals surface area contributed by atoms with Crippen LogP contribution in [0.4, 0.5) is 0 Å². The van der Waals surface area contributed by atoms with Gasteiger partial charge in [0, 0.05) is 5.88 Å². The fraction of sp³-hybridized carbons (Fsp3) is 0.333. The van der Waals surface area contributed by atoms with Crippen LogP contribution in [0.15, 0.2) is 28.9 Å². The summed E-state index contributed by atoms with van der Waals surface area (Å²) in [7, 11) is 0. The maximum atomic E-state index is 5.53. The Morgan fingerprint density at radius 2 is 2.55 bits per heavy atom. The summed E-state index contributed by atoms with van der Waals surface area (Å²) in [5.74, 6) is 1.59. The molecule has 0 aliphatic heterocycles. The lowest BCUT2D eigenvalue weighted by molar-refractivity contribution is 0.552. The van der Waals surface area contributed by atoms with Crippen LogP contribution in [0, 0.1) is 0 Å². The summed E-state index contributed by atoms with van der Waals surface area (Å²) in [4.78, 5) is 0. The first-order chi connectivity index (χ1) is 5.34. The Kier molecular flexibility index (Phi) is 3.24. The second-order valence-electron chi connectivity index (χ2n) is 2.34. The van der Waals surface area contributed by atoms with Crippen molar-refractivity contribution in [1.82, 2.24) is 0 Å². The van der Waals surface area contributed by atoms with Gasteiger partial charge >= 0.3 is 0 Å². The number of alkyl halides is 1. The largest absolute Gasteiger partial charge is 0.465 e. The van der Waals surface area contributed by atoms with Gasteiger partial charge in [-0.05, 0) is 31.1 Å². The smallest absolute Gasteiger partial charge is 0.129 e. The van der Waals surface area contributed by atoms with Crippen molar-refractivity contribution in [3.8, 4) is 0 Å². The molecule has 0 fully saturated rings. The van der Waals surface area contributed by atoms with E-state index in [4.69, 9.17) is 16.0 Å². The van der Waals surface area contributed by atoms with E-state index >= 15 is 0 Å². The molecule has 0 N–H and O–H groups in total. The van der Waals surface area contributed by atoms with Gasteiger partial charge in [0.15, 0.2) is 0 Å². The number of allylic oxidation sites excluding steroid dienone is 2. The van der Waals surface area contributed by atoms with E-state index in [1.54, 1.807) is 6.26 Å². The normalized spacial score (nSPS) is 12.0. The Bertz CT molecular complexity index is 224. The molecule has 60 valence electrons. The Morgan fingerprint density at radius 3 is 3.09 bits per heavy atom. The first kappa shape index (κ1) is 8.41. The highest BCUT2D eigenvalue weighted by atomic mass is 35.5. The summed E-state index contributed by atoms with van der Waals surface area (Å²) >= 11 is 5.53. The minimum atomic E-state index is 0.665. The zero-order chi connectivity index (χ0) is 8.10. The molecule has 0 aliphatic carbocycles. The minimum absolute atomic E-state index is 0.665. The lowest BCUT2D eigenvalue weighted by atomic mass is 10.2. The Balaban J connectivity index is 2.62. The topological polar surface area (TPSA) is 13.1 Å². The van der Waals surface area contributed by atoms with E-state index in [0.29, 0.717) is 5.88 Å². The average molecular weight is 171 g/mol. The van der Waals surface area contributed by atoms with Crippen LogP contribution < -0.4 is 0 Å². The van der Waals surface area contributed by atoms with Crippen molar-refractivity contribution >= 4 is 17.2 Å². The van der Waals surface area contributed by atoms with Crippen molar-refractivity contribution in [3.63, 3.8) is 0 Å². The molecule has 0 spiro atoms. The van der Waals surface area contributed by atoms with Gasteiger partial charge < -0.3 is 4.42 Å². The van der Waals surface area contributed by atoms with Crippen LogP contribution in [-0.2, 0) is 0 Å². The average Bonchev–Trinajstić information content (AvgIpc) is 2.52. The van der Waals surface area contributed by atoms with Crippen molar-refractivity contribution in [1.29, 1.82) is 0 Å². The third-order valence-electron chi connectivity index (χ3n) is 1.47. The van der Waals surface area contributed by atoms with Gasteiger partial charge in [0.25, 0.3) is 0 Å². The molecule has 0 radical (unpaired) electrons. The van der Waals surface area contributed by atoms with Crippen molar-refractivity contribution in [2.75, 3.05) is 5.88 Å². The van der Waals surface area contributed by atoms with Gasteiger partial charge in [-0.2, -0.15) is 0 Å². The molecular weight excluding hydrogens is 160 g/mol. The highest BCUT2D eigenvalue weighted by Gasteiger charge is 1.95. The van der Waals surface area contributed by atoms with Crippen molar-refractivity contribution in [3.05, 3.63) is 30.2 Å². The van der Waals surface area contributed by atoms with Gasteiger partial charge in [0.2, 0.25) is 0 Å². The van der Waals surface area contributed by atoms with Crippen LogP contribution in [0.1, 0.15) is 19.1 Å². The maximum absolute atomic E-state index is 5.53. The van der Waals surface area contributed by atoms with Gasteiger partial charge in [-0.1, -0.05) is 6.08 Å². The second-order valence-corrected chi connectivity index (χ2v) is 2.72. The molecule has 1 heterocycles. The van der Waals surface area contributed by atoms with E-state index in [2.05, 4.69) is 6.08 Å². The number of hydrogen-bond donors (Lipinski definition) is 0. The summed E-state index contributed by atoms with van der Waals surface area (Å²) in [6, 6.07) is 3.83. The van der Waals surface area contributed by atoms with Gasteiger partial charge in [-0.3, -0.25) is 0 Å². The number of furan rings is 1. The third-order valence-corrected chi connectivity index (χ3v) is 1.69. The zero-order valence-corrected chi connectivity index (χ0v) is 7.27. The van der Waals surface area contributed by atoms with Gasteiger partial charge in [-0.15, -0.1) is 11.6 Å². The monoisotopic (exact) mass is 170 g/mol. The van der Waals surface area contributed by atoms with Gasteiger partial charge in [-0.25, -0.2) is 0 Å². The molecule has 0 unspecified atom stereocenters. The van der Waals surface area contributed by atoms with E-state index in [-0.39, 0.29) is 0 Å². The van der Waals surface area contributed by atoms with Crippen LogP contribution >= 0.6 is 11.6 Å². The maximum Gasteiger partial charge on any atom is 0.129 e. The molecule has 1 aromatic heterocycles. The lowest BCUT2D eigenvalue weighted by Gasteiger charge is -1.93. The van der Waals surface area contributed by atoms with E-state index in [9.17, 15) is 0 Å². The minimum Gasteiger partial charge on any atom is -0.465 e. The molecule has 0 aliphatic rings. The molecule has 0 aromatic carbocycles. The summed E-state index contributed by atoms with van der Waals surface area (Å²) in [6.45, 7) is 2.02. The first-order valence-corrected chi connectivity index (χ1v) is 4.14. The molecular formula is C9H11ClO. The lowest BCUT2D eigenvalue weighted by Crippen LogP contribution is -1.74. The Morgan fingerprint density at radius 1 is 1.73 bits per heavy atom. The number of halogens is 1. The predicted molar refractivity (Wildman–Crippen MR) is 47.7 cm³/mol. The predicted octanol–water partition coefficient (Wildman–Crippen LogP) is 3.31.